The standard InChI is InChI=1S/C16H16BrIO/c1-10-5-4-6-13(16(10)18)15(17)12-7-8-14(19-3)11(2)9-12/h4-9,15H,1-3H3. The summed E-state index contributed by atoms with van der Waals surface area (Å²) in [5.41, 5.74) is 5.03. The largest absolute Gasteiger partial charge is 0.496 e. The molecule has 3 heteroatoms. The van der Waals surface area contributed by atoms with E-state index >= 15 is 0 Å². The molecule has 19 heavy (non-hydrogen) atoms. The average Bonchev–Trinajstić information content (AvgIpc) is 2.41. The normalized spacial score (nSPS) is 12.3. The van der Waals surface area contributed by atoms with E-state index in [1.165, 1.54) is 20.3 Å². The Morgan fingerprint density at radius 2 is 1.84 bits per heavy atom. The maximum Gasteiger partial charge on any atom is 0.121 e. The topological polar surface area (TPSA) is 9.23 Å². The summed E-state index contributed by atoms with van der Waals surface area (Å²) in [6.07, 6.45) is 0. The summed E-state index contributed by atoms with van der Waals surface area (Å²) < 4.78 is 6.63. The smallest absolute Gasteiger partial charge is 0.121 e. The van der Waals surface area contributed by atoms with Gasteiger partial charge < -0.3 is 4.74 Å². The molecule has 0 saturated heterocycles. The Balaban J connectivity index is 2.41. The van der Waals surface area contributed by atoms with E-state index in [1.807, 2.05) is 6.07 Å². The molecular formula is C16H16BrIO. The third-order valence-electron chi connectivity index (χ3n) is 3.21. The molecule has 0 heterocycles. The fourth-order valence-electron chi connectivity index (χ4n) is 2.10. The molecule has 0 bridgehead atoms. The van der Waals surface area contributed by atoms with Gasteiger partial charge in [0.15, 0.2) is 0 Å². The molecule has 0 aliphatic rings. The Morgan fingerprint density at radius 1 is 1.11 bits per heavy atom. The lowest BCUT2D eigenvalue weighted by Gasteiger charge is -2.16. The highest BCUT2D eigenvalue weighted by molar-refractivity contribution is 14.1. The third-order valence-corrected chi connectivity index (χ3v) is 5.70. The quantitative estimate of drug-likeness (QED) is 0.467. The first kappa shape index (κ1) is 14.9. The molecule has 0 N–H and O–H groups in total. The van der Waals surface area contributed by atoms with E-state index in [1.54, 1.807) is 7.11 Å². The van der Waals surface area contributed by atoms with E-state index in [2.05, 4.69) is 82.7 Å². The summed E-state index contributed by atoms with van der Waals surface area (Å²) in [7, 11) is 1.71. The van der Waals surface area contributed by atoms with Crippen LogP contribution in [0.1, 0.15) is 27.1 Å². The van der Waals surface area contributed by atoms with Crippen LogP contribution in [0, 0.1) is 17.4 Å². The molecule has 0 aliphatic carbocycles. The Morgan fingerprint density at radius 3 is 2.47 bits per heavy atom. The second kappa shape index (κ2) is 6.27. The van der Waals surface area contributed by atoms with Crippen LogP contribution in [0.5, 0.6) is 5.75 Å². The van der Waals surface area contributed by atoms with Crippen molar-refractivity contribution in [2.24, 2.45) is 0 Å². The molecule has 1 nitrogen and oxygen atoms in total. The summed E-state index contributed by atoms with van der Waals surface area (Å²) in [6.45, 7) is 4.22. The zero-order valence-corrected chi connectivity index (χ0v) is 14.9. The monoisotopic (exact) mass is 430 g/mol. The van der Waals surface area contributed by atoms with Crippen LogP contribution in [0.2, 0.25) is 0 Å². The molecule has 0 amide bonds. The minimum atomic E-state index is 0.212. The van der Waals surface area contributed by atoms with Crippen LogP contribution in [-0.2, 0) is 0 Å². The first-order chi connectivity index (χ1) is 9.04. The van der Waals surface area contributed by atoms with Crippen LogP contribution >= 0.6 is 38.5 Å². The molecule has 0 saturated carbocycles. The van der Waals surface area contributed by atoms with Crippen molar-refractivity contribution in [3.05, 3.63) is 62.2 Å². The number of halogens is 2. The summed E-state index contributed by atoms with van der Waals surface area (Å²) in [6, 6.07) is 12.7. The molecule has 0 aliphatic heterocycles. The fourth-order valence-corrected chi connectivity index (χ4v) is 3.87. The number of ether oxygens (including phenoxy) is 1. The summed E-state index contributed by atoms with van der Waals surface area (Å²) in [5, 5.41) is 0. The van der Waals surface area contributed by atoms with Crippen molar-refractivity contribution in [3.63, 3.8) is 0 Å². The van der Waals surface area contributed by atoms with Crippen LogP contribution in [-0.4, -0.2) is 7.11 Å². The molecule has 0 fully saturated rings. The van der Waals surface area contributed by atoms with Crippen LogP contribution in [0.15, 0.2) is 36.4 Å². The predicted molar refractivity (Wildman–Crippen MR) is 92.4 cm³/mol. The lowest BCUT2D eigenvalue weighted by molar-refractivity contribution is 0.411. The molecule has 2 aromatic carbocycles. The number of hydrogen-bond donors (Lipinski definition) is 0. The highest BCUT2D eigenvalue weighted by Gasteiger charge is 2.15. The second-order valence-electron chi connectivity index (χ2n) is 4.57. The van der Waals surface area contributed by atoms with Gasteiger partial charge in [0.25, 0.3) is 0 Å². The second-order valence-corrected chi connectivity index (χ2v) is 6.56. The molecule has 0 aromatic heterocycles. The lowest BCUT2D eigenvalue weighted by atomic mass is 10.0. The van der Waals surface area contributed by atoms with Gasteiger partial charge in [-0.25, -0.2) is 0 Å². The highest BCUT2D eigenvalue weighted by Crippen LogP contribution is 2.36. The van der Waals surface area contributed by atoms with Crippen molar-refractivity contribution in [2.75, 3.05) is 7.11 Å². The lowest BCUT2D eigenvalue weighted by Crippen LogP contribution is -1.98. The number of alkyl halides is 1. The molecule has 0 radical (unpaired) electrons. The van der Waals surface area contributed by atoms with Gasteiger partial charge in [-0.05, 0) is 64.8 Å². The van der Waals surface area contributed by atoms with Crippen LogP contribution in [0.25, 0.3) is 0 Å². The van der Waals surface area contributed by atoms with E-state index < -0.39 is 0 Å². The van der Waals surface area contributed by atoms with Gasteiger partial charge >= 0.3 is 0 Å². The summed E-state index contributed by atoms with van der Waals surface area (Å²) in [5.74, 6) is 0.933. The number of methoxy groups -OCH3 is 1. The Hall–Kier alpha value is -0.550. The predicted octanol–water partition coefficient (Wildman–Crippen LogP) is 5.40. The van der Waals surface area contributed by atoms with E-state index in [0.717, 1.165) is 11.3 Å². The summed E-state index contributed by atoms with van der Waals surface area (Å²) in [4.78, 5) is 0.212. The van der Waals surface area contributed by atoms with Crippen molar-refractivity contribution < 1.29 is 4.74 Å². The van der Waals surface area contributed by atoms with Crippen LogP contribution < -0.4 is 4.74 Å². The van der Waals surface area contributed by atoms with Crippen molar-refractivity contribution in [1.29, 1.82) is 0 Å². The van der Waals surface area contributed by atoms with Gasteiger partial charge in [-0.15, -0.1) is 0 Å². The van der Waals surface area contributed by atoms with Gasteiger partial charge in [0.1, 0.15) is 5.75 Å². The van der Waals surface area contributed by atoms with Crippen molar-refractivity contribution in [2.45, 2.75) is 18.7 Å². The van der Waals surface area contributed by atoms with Gasteiger partial charge in [-0.3, -0.25) is 0 Å². The molecule has 2 rings (SSSR count). The molecule has 1 atom stereocenters. The van der Waals surface area contributed by atoms with Crippen molar-refractivity contribution >= 4 is 38.5 Å². The number of rotatable bonds is 3. The molecule has 2 aromatic rings. The molecule has 100 valence electrons. The number of aryl methyl sites for hydroxylation is 2. The zero-order chi connectivity index (χ0) is 14.0. The Kier molecular flexibility index (Phi) is 4.90. The molecular weight excluding hydrogens is 415 g/mol. The average molecular weight is 431 g/mol. The minimum Gasteiger partial charge on any atom is -0.496 e. The molecule has 1 unspecified atom stereocenters. The van der Waals surface area contributed by atoms with E-state index in [-0.39, 0.29) is 4.83 Å². The summed E-state index contributed by atoms with van der Waals surface area (Å²) >= 11 is 6.23. The Labute approximate surface area is 136 Å². The Bertz CT molecular complexity index is 595. The van der Waals surface area contributed by atoms with Crippen LogP contribution in [0.4, 0.5) is 0 Å². The van der Waals surface area contributed by atoms with E-state index in [4.69, 9.17) is 4.74 Å². The third kappa shape index (κ3) is 3.14. The SMILES string of the molecule is COc1ccc(C(Br)c2cccc(C)c2I)cc1C. The van der Waals surface area contributed by atoms with Gasteiger partial charge in [0, 0.05) is 3.57 Å². The minimum absolute atomic E-state index is 0.212. The first-order valence-corrected chi connectivity index (χ1v) is 8.07. The van der Waals surface area contributed by atoms with Gasteiger partial charge in [0.05, 0.1) is 11.9 Å². The van der Waals surface area contributed by atoms with E-state index in [9.17, 15) is 0 Å². The van der Waals surface area contributed by atoms with Gasteiger partial charge in [-0.2, -0.15) is 0 Å². The maximum absolute atomic E-state index is 5.31. The van der Waals surface area contributed by atoms with Crippen molar-refractivity contribution in [3.8, 4) is 5.75 Å². The highest BCUT2D eigenvalue weighted by atomic mass is 127. The molecule has 0 spiro atoms. The fraction of sp³-hybridized carbons (Fsp3) is 0.250. The first-order valence-electron chi connectivity index (χ1n) is 6.08. The maximum atomic E-state index is 5.31. The number of hydrogen-bond acceptors (Lipinski definition) is 1. The zero-order valence-electron chi connectivity index (χ0n) is 11.2. The van der Waals surface area contributed by atoms with Crippen LogP contribution in [0.3, 0.4) is 0 Å². The van der Waals surface area contributed by atoms with Crippen molar-refractivity contribution in [1.82, 2.24) is 0 Å². The number of benzene rings is 2. The van der Waals surface area contributed by atoms with E-state index in [0.29, 0.717) is 0 Å². The van der Waals surface area contributed by atoms with Gasteiger partial charge in [-0.1, -0.05) is 46.3 Å². The van der Waals surface area contributed by atoms with Gasteiger partial charge in [0.2, 0.25) is 0 Å².